The minimum atomic E-state index is -1.62. The molecule has 2 heterocycles. The van der Waals surface area contributed by atoms with E-state index in [0.717, 1.165) is 33.8 Å². The number of methoxy groups -OCH3 is 2. The molecule has 0 saturated carbocycles. The Hall–Kier alpha value is -2.47. The molecule has 208 valence electrons. The number of aromatic nitrogens is 1. The first-order chi connectivity index (χ1) is 18.6. The Kier molecular flexibility index (Phi) is 9.36. The SMILES string of the molecule is COc1ccc(CN(Cc2ccc(C)cc2OC)C2=N[C@](C)(c3nc(Br)ccc3F)[C@@H](F)[C@@H](CI)O2)c(C)c1. The zero-order valence-electron chi connectivity index (χ0n) is 22.5. The second-order valence-electron chi connectivity index (χ2n) is 9.68. The summed E-state index contributed by atoms with van der Waals surface area (Å²) in [6.07, 6.45) is -2.48. The number of aryl methyl sites for hydroxylation is 2. The predicted molar refractivity (Wildman–Crippen MR) is 160 cm³/mol. The second kappa shape index (κ2) is 12.4. The highest BCUT2D eigenvalue weighted by Gasteiger charge is 2.50. The molecule has 39 heavy (non-hydrogen) atoms. The average molecular weight is 714 g/mol. The molecule has 4 rings (SSSR count). The molecule has 10 heteroatoms. The van der Waals surface area contributed by atoms with Crippen LogP contribution in [0.3, 0.4) is 0 Å². The van der Waals surface area contributed by atoms with Crippen molar-refractivity contribution in [3.05, 3.63) is 86.9 Å². The fourth-order valence-electron chi connectivity index (χ4n) is 4.61. The van der Waals surface area contributed by atoms with E-state index in [2.05, 4.69) is 43.5 Å². The number of aliphatic imine (C=N–C) groups is 1. The van der Waals surface area contributed by atoms with Crippen molar-refractivity contribution < 1.29 is 23.0 Å². The van der Waals surface area contributed by atoms with Crippen LogP contribution in [0.25, 0.3) is 0 Å². The molecule has 3 atom stereocenters. The van der Waals surface area contributed by atoms with Crippen molar-refractivity contribution in [1.29, 1.82) is 0 Å². The Morgan fingerprint density at radius 3 is 2.44 bits per heavy atom. The maximum Gasteiger partial charge on any atom is 0.289 e. The molecule has 6 nitrogen and oxygen atoms in total. The first-order valence-electron chi connectivity index (χ1n) is 12.4. The molecule has 1 aromatic heterocycles. The van der Waals surface area contributed by atoms with Gasteiger partial charge in [0, 0.05) is 16.5 Å². The van der Waals surface area contributed by atoms with Crippen LogP contribution in [0.1, 0.15) is 34.9 Å². The molecule has 0 fully saturated rings. The fourth-order valence-corrected chi connectivity index (χ4v) is 5.55. The number of pyridine rings is 1. The van der Waals surface area contributed by atoms with Crippen LogP contribution < -0.4 is 9.47 Å². The van der Waals surface area contributed by atoms with Gasteiger partial charge in [-0.05, 0) is 83.7 Å². The summed E-state index contributed by atoms with van der Waals surface area (Å²) in [5.74, 6) is 0.848. The summed E-state index contributed by atoms with van der Waals surface area (Å²) in [7, 11) is 3.26. The van der Waals surface area contributed by atoms with Gasteiger partial charge in [0.15, 0.2) is 6.17 Å². The van der Waals surface area contributed by atoms with Crippen LogP contribution >= 0.6 is 38.5 Å². The van der Waals surface area contributed by atoms with Crippen LogP contribution in [-0.4, -0.2) is 46.8 Å². The molecule has 0 saturated heterocycles. The van der Waals surface area contributed by atoms with Gasteiger partial charge in [0.1, 0.15) is 39.3 Å². The van der Waals surface area contributed by atoms with Gasteiger partial charge < -0.3 is 19.1 Å². The highest BCUT2D eigenvalue weighted by atomic mass is 127. The monoisotopic (exact) mass is 713 g/mol. The van der Waals surface area contributed by atoms with Crippen LogP contribution in [0.2, 0.25) is 0 Å². The van der Waals surface area contributed by atoms with Gasteiger partial charge in [0.25, 0.3) is 6.02 Å². The third kappa shape index (κ3) is 6.32. The van der Waals surface area contributed by atoms with Crippen LogP contribution in [0.5, 0.6) is 11.5 Å². The van der Waals surface area contributed by atoms with E-state index in [9.17, 15) is 0 Å². The van der Waals surface area contributed by atoms with Gasteiger partial charge in [-0.25, -0.2) is 18.8 Å². The second-order valence-corrected chi connectivity index (χ2v) is 11.4. The molecule has 1 aliphatic heterocycles. The first-order valence-corrected chi connectivity index (χ1v) is 14.7. The van der Waals surface area contributed by atoms with E-state index in [1.165, 1.54) is 12.1 Å². The Labute approximate surface area is 250 Å². The van der Waals surface area contributed by atoms with Crippen LogP contribution in [0.4, 0.5) is 8.78 Å². The fraction of sp³-hybridized carbons (Fsp3) is 0.379. The van der Waals surface area contributed by atoms with E-state index < -0.39 is 23.6 Å². The van der Waals surface area contributed by atoms with Crippen LogP contribution in [0, 0.1) is 19.7 Å². The van der Waals surface area contributed by atoms with E-state index in [1.54, 1.807) is 21.1 Å². The largest absolute Gasteiger partial charge is 0.497 e. The van der Waals surface area contributed by atoms with E-state index in [0.29, 0.717) is 22.1 Å². The lowest BCUT2D eigenvalue weighted by molar-refractivity contribution is 0.0156. The van der Waals surface area contributed by atoms with Crippen molar-refractivity contribution in [3.8, 4) is 11.5 Å². The number of hydrogen-bond donors (Lipinski definition) is 0. The van der Waals surface area contributed by atoms with Crippen LogP contribution in [0.15, 0.2) is 58.1 Å². The van der Waals surface area contributed by atoms with Gasteiger partial charge in [0.2, 0.25) is 0 Å². The maximum absolute atomic E-state index is 16.0. The van der Waals surface area contributed by atoms with Crippen molar-refractivity contribution in [2.45, 2.75) is 51.7 Å². The van der Waals surface area contributed by atoms with E-state index >= 15 is 8.78 Å². The Morgan fingerprint density at radius 2 is 1.77 bits per heavy atom. The first kappa shape index (κ1) is 29.5. The lowest BCUT2D eigenvalue weighted by Gasteiger charge is -2.41. The number of amidine groups is 1. The number of halogens is 4. The molecule has 0 bridgehead atoms. The maximum atomic E-state index is 16.0. The van der Waals surface area contributed by atoms with Crippen molar-refractivity contribution in [2.24, 2.45) is 4.99 Å². The Bertz CT molecular complexity index is 1380. The molecule has 0 N–H and O–H groups in total. The number of rotatable bonds is 8. The van der Waals surface area contributed by atoms with Gasteiger partial charge in [-0.3, -0.25) is 0 Å². The minimum absolute atomic E-state index is 0.0754. The summed E-state index contributed by atoms with van der Waals surface area (Å²) in [5.41, 5.74) is 2.31. The van der Waals surface area contributed by atoms with Crippen LogP contribution in [-0.2, 0) is 23.4 Å². The topological polar surface area (TPSA) is 56.2 Å². The normalized spacial score (nSPS) is 20.7. The molecular formula is C29H31BrF2IN3O3. The lowest BCUT2D eigenvalue weighted by Crippen LogP contribution is -2.52. The molecule has 0 radical (unpaired) electrons. The molecule has 0 unspecified atom stereocenters. The summed E-state index contributed by atoms with van der Waals surface area (Å²) in [6.45, 7) is 6.34. The number of ether oxygens (including phenoxy) is 3. The number of benzene rings is 2. The van der Waals surface area contributed by atoms with E-state index in [-0.39, 0.29) is 11.7 Å². The van der Waals surface area contributed by atoms with Crippen molar-refractivity contribution in [2.75, 3.05) is 18.6 Å². The number of alkyl halides is 2. The molecular weight excluding hydrogens is 683 g/mol. The summed E-state index contributed by atoms with van der Waals surface area (Å²) in [4.78, 5) is 11.0. The molecule has 0 amide bonds. The van der Waals surface area contributed by atoms with Crippen molar-refractivity contribution >= 4 is 44.5 Å². The number of nitrogens with zero attached hydrogens (tertiary/aromatic N) is 3. The van der Waals surface area contributed by atoms with Crippen molar-refractivity contribution in [1.82, 2.24) is 9.88 Å². The zero-order chi connectivity index (χ0) is 28.3. The Morgan fingerprint density at radius 1 is 1.05 bits per heavy atom. The van der Waals surface area contributed by atoms with Gasteiger partial charge in [-0.15, -0.1) is 0 Å². The van der Waals surface area contributed by atoms with Gasteiger partial charge >= 0.3 is 0 Å². The smallest absolute Gasteiger partial charge is 0.289 e. The quantitative estimate of drug-likeness (QED) is 0.142. The highest BCUT2D eigenvalue weighted by molar-refractivity contribution is 14.1. The predicted octanol–water partition coefficient (Wildman–Crippen LogP) is 7.06. The van der Waals surface area contributed by atoms with Gasteiger partial charge in [-0.2, -0.15) is 0 Å². The summed E-state index contributed by atoms with van der Waals surface area (Å²) < 4.78 is 49.0. The zero-order valence-corrected chi connectivity index (χ0v) is 26.2. The van der Waals surface area contributed by atoms with Gasteiger partial charge in [0.05, 0.1) is 20.8 Å². The minimum Gasteiger partial charge on any atom is -0.497 e. The summed E-state index contributed by atoms with van der Waals surface area (Å²) >= 11 is 5.38. The summed E-state index contributed by atoms with van der Waals surface area (Å²) in [5, 5.41) is 0. The summed E-state index contributed by atoms with van der Waals surface area (Å²) in [6, 6.07) is 14.8. The standard InChI is InChI=1S/C29H31BrF2IN3O3/c1-17-6-7-20(23(12-17)38-5)16-36(15-19-8-9-21(37-4)13-18(19)2)28-35-29(3,26(32)24(14-33)39-28)27-22(31)10-11-25(30)34-27/h6-13,24,26H,14-16H2,1-5H3/t24-,26+,29+/m1/s1. The van der Waals surface area contributed by atoms with E-state index in [4.69, 9.17) is 19.2 Å². The average Bonchev–Trinajstić information content (AvgIpc) is 2.92. The Balaban J connectivity index is 1.85. The molecule has 3 aromatic rings. The molecule has 1 aliphatic rings. The third-order valence-corrected chi connectivity index (χ3v) is 8.19. The number of hydrogen-bond acceptors (Lipinski definition) is 6. The van der Waals surface area contributed by atoms with Gasteiger partial charge in [-0.1, -0.05) is 40.8 Å². The molecule has 0 aliphatic carbocycles. The lowest BCUT2D eigenvalue weighted by atomic mass is 9.88. The molecule has 2 aromatic carbocycles. The third-order valence-electron chi connectivity index (χ3n) is 6.88. The van der Waals surface area contributed by atoms with E-state index in [1.807, 2.05) is 55.1 Å². The molecule has 0 spiro atoms. The highest BCUT2D eigenvalue weighted by Crippen LogP contribution is 2.40. The van der Waals surface area contributed by atoms with Crippen molar-refractivity contribution in [3.63, 3.8) is 0 Å².